The normalized spacial score (nSPS) is 11.2. The van der Waals surface area contributed by atoms with E-state index in [1.165, 1.54) is 78.8 Å². The van der Waals surface area contributed by atoms with Crippen molar-refractivity contribution in [2.45, 2.75) is 9.79 Å². The third-order valence-electron chi connectivity index (χ3n) is 12.5. The van der Waals surface area contributed by atoms with E-state index in [2.05, 4.69) is 243 Å². The van der Waals surface area contributed by atoms with Crippen LogP contribution in [-0.4, -0.2) is 50.4 Å². The van der Waals surface area contributed by atoms with Gasteiger partial charge in [-0.15, -0.1) is 0 Å². The number of hydrogen-bond acceptors (Lipinski definition) is 8. The second-order valence-corrected chi connectivity index (χ2v) is 26.4. The first-order valence-corrected chi connectivity index (χ1v) is 30.4. The summed E-state index contributed by atoms with van der Waals surface area (Å²) < 4.78 is 66.2. The standard InChI is InChI=1S/2C24H20P.C14H10O6S2.2CH4O/c2*1-5-13-21(14-6-1)25(22-15-7-2-8-16-22,23-17-9-3-10-18-23)24-19-11-4-12-20-24;15-21(16,17)13-3-1-9-5-12-8-14(22(18,19)20)4-2-10(12)6-11(9)7-13;2*1-2/h2*1-20H;1-8H,(H,15,16,17)(H,18,19,20);2*2H,1H3/q2*+1;;;/p-2. The van der Waals surface area contributed by atoms with E-state index in [0.717, 1.165) is 14.2 Å². The van der Waals surface area contributed by atoms with Crippen LogP contribution in [0.25, 0.3) is 21.5 Å². The van der Waals surface area contributed by atoms with Crippen LogP contribution < -0.4 is 42.4 Å². The topological polar surface area (TPSA) is 155 Å². The Bertz CT molecular complexity index is 3190. The van der Waals surface area contributed by atoms with Gasteiger partial charge in [0.2, 0.25) is 0 Å². The lowest BCUT2D eigenvalue weighted by Gasteiger charge is -2.27. The number of aliphatic hydroxyl groups excluding tert-OH is 2. The number of fused-ring (bicyclic) bond motifs is 2. The van der Waals surface area contributed by atoms with E-state index in [1.807, 2.05) is 0 Å². The van der Waals surface area contributed by atoms with Crippen molar-refractivity contribution in [3.05, 3.63) is 291 Å². The minimum atomic E-state index is -4.54. The molecule has 0 unspecified atom stereocenters. The molecule has 0 atom stereocenters. The molecule has 0 aromatic heterocycles. The third-order valence-corrected chi connectivity index (χ3v) is 22.7. The van der Waals surface area contributed by atoms with E-state index in [1.54, 1.807) is 12.1 Å². The van der Waals surface area contributed by atoms with Crippen LogP contribution in [0, 0.1) is 0 Å². The van der Waals surface area contributed by atoms with Crippen molar-refractivity contribution in [3.63, 3.8) is 0 Å². The first kappa shape index (κ1) is 56.3. The summed E-state index contributed by atoms with van der Waals surface area (Å²) in [6, 6.07) is 98.7. The fraction of sp³-hybridized carbons (Fsp3) is 0.0312. The predicted octanol–water partition coefficient (Wildman–Crippen LogP) is 9.63. The summed E-state index contributed by atoms with van der Waals surface area (Å²) in [7, 11) is -10.9. The summed E-state index contributed by atoms with van der Waals surface area (Å²) in [5.74, 6) is 0. The van der Waals surface area contributed by atoms with E-state index in [0.29, 0.717) is 21.5 Å². The van der Waals surface area contributed by atoms with Crippen molar-refractivity contribution in [2.24, 2.45) is 0 Å². The monoisotopic (exact) mass is 1080 g/mol. The van der Waals surface area contributed by atoms with Gasteiger partial charge >= 0.3 is 0 Å². The highest BCUT2D eigenvalue weighted by molar-refractivity contribution is 8.02. The molecule has 0 aliphatic heterocycles. The molecule has 0 fully saturated rings. The summed E-state index contributed by atoms with van der Waals surface area (Å²) in [4.78, 5) is -0.670. The van der Waals surface area contributed by atoms with Crippen LogP contribution in [0.1, 0.15) is 0 Å². The number of hydrogen-bond donors (Lipinski definition) is 2. The average Bonchev–Trinajstić information content (AvgIpc) is 3.52. The molecule has 0 spiro atoms. The molecule has 0 saturated carbocycles. The molecule has 0 radical (unpaired) electrons. The molecule has 11 aromatic rings. The summed E-state index contributed by atoms with van der Waals surface area (Å²) in [6.07, 6.45) is 0. The second-order valence-electron chi connectivity index (χ2n) is 16.8. The minimum Gasteiger partial charge on any atom is -0.744 e. The van der Waals surface area contributed by atoms with Gasteiger partial charge in [0.25, 0.3) is 0 Å². The zero-order chi connectivity index (χ0) is 54.0. The van der Waals surface area contributed by atoms with Crippen LogP contribution in [0.4, 0.5) is 0 Å². The van der Waals surface area contributed by atoms with Gasteiger partial charge in [0.05, 0.1) is 9.79 Å². The molecular formula is C64H56O8P2S2. The SMILES string of the molecule is CO.CO.O=S(=O)([O-])c1ccc2cc3cc(S(=O)(=O)[O-])ccc3cc2c1.c1ccc([P+](c2ccccc2)(c2ccccc2)c2ccccc2)cc1.c1ccc([P+](c2ccccc2)(c2ccccc2)c2ccccc2)cc1. The van der Waals surface area contributed by atoms with Crippen LogP contribution >= 0.6 is 14.5 Å². The van der Waals surface area contributed by atoms with Gasteiger partial charge in [-0.1, -0.05) is 158 Å². The molecule has 11 rings (SSSR count). The maximum Gasteiger partial charge on any atom is 0.144 e. The fourth-order valence-electron chi connectivity index (χ4n) is 9.27. The van der Waals surface area contributed by atoms with Gasteiger partial charge in [-0.05, 0) is 155 Å². The van der Waals surface area contributed by atoms with Gasteiger partial charge in [0.1, 0.15) is 77.2 Å². The first-order chi connectivity index (χ1) is 37.0. The molecule has 0 amide bonds. The molecule has 0 heterocycles. The lowest BCUT2D eigenvalue weighted by molar-refractivity contribution is 0.399. The van der Waals surface area contributed by atoms with Crippen molar-refractivity contribution < 1.29 is 36.2 Å². The van der Waals surface area contributed by atoms with E-state index in [-0.39, 0.29) is 9.79 Å². The van der Waals surface area contributed by atoms with Gasteiger partial charge in [-0.3, -0.25) is 0 Å². The van der Waals surface area contributed by atoms with Crippen molar-refractivity contribution in [3.8, 4) is 0 Å². The van der Waals surface area contributed by atoms with Gasteiger partial charge in [-0.25, -0.2) is 16.8 Å². The van der Waals surface area contributed by atoms with Crippen molar-refractivity contribution in [1.82, 2.24) is 0 Å². The molecule has 76 heavy (non-hydrogen) atoms. The lowest BCUT2D eigenvalue weighted by atomic mass is 10.0. The Morgan fingerprint density at radius 3 is 0.579 bits per heavy atom. The van der Waals surface area contributed by atoms with Gasteiger partial charge in [0, 0.05) is 14.2 Å². The van der Waals surface area contributed by atoms with Crippen LogP contribution in [-0.2, 0) is 20.2 Å². The Morgan fingerprint density at radius 1 is 0.250 bits per heavy atom. The maximum absolute atomic E-state index is 11.0. The largest absolute Gasteiger partial charge is 0.744 e. The van der Waals surface area contributed by atoms with Gasteiger partial charge in [-0.2, -0.15) is 0 Å². The highest BCUT2D eigenvalue weighted by atomic mass is 32.2. The average molecular weight is 1080 g/mol. The molecule has 12 heteroatoms. The Balaban J connectivity index is 0.000000161. The minimum absolute atomic E-state index is 0.335. The summed E-state index contributed by atoms with van der Waals surface area (Å²) in [5.41, 5.74) is 0. The van der Waals surface area contributed by atoms with Crippen LogP contribution in [0.2, 0.25) is 0 Å². The highest BCUT2D eigenvalue weighted by Crippen LogP contribution is 2.55. The summed E-state index contributed by atoms with van der Waals surface area (Å²) in [5, 5.41) is 27.4. The Hall–Kier alpha value is -7.46. The smallest absolute Gasteiger partial charge is 0.144 e. The summed E-state index contributed by atoms with van der Waals surface area (Å²) >= 11 is 0. The molecule has 382 valence electrons. The molecule has 0 aliphatic rings. The zero-order valence-corrected chi connectivity index (χ0v) is 45.2. The van der Waals surface area contributed by atoms with E-state index >= 15 is 0 Å². The van der Waals surface area contributed by atoms with E-state index in [4.69, 9.17) is 10.2 Å². The molecule has 2 N–H and O–H groups in total. The first-order valence-electron chi connectivity index (χ1n) is 24.0. The van der Waals surface area contributed by atoms with E-state index in [9.17, 15) is 25.9 Å². The van der Waals surface area contributed by atoms with Crippen LogP contribution in [0.3, 0.4) is 0 Å². The van der Waals surface area contributed by atoms with Crippen molar-refractivity contribution in [1.29, 1.82) is 0 Å². The maximum atomic E-state index is 11.0. The predicted molar refractivity (Wildman–Crippen MR) is 316 cm³/mol. The number of aliphatic hydroxyl groups is 2. The highest BCUT2D eigenvalue weighted by Gasteiger charge is 2.48. The Labute approximate surface area is 447 Å². The second kappa shape index (κ2) is 26.3. The van der Waals surface area contributed by atoms with Crippen LogP contribution in [0.15, 0.2) is 301 Å². The summed E-state index contributed by atoms with van der Waals surface area (Å²) in [6.45, 7) is 0. The zero-order valence-electron chi connectivity index (χ0n) is 41.8. The number of benzene rings is 11. The van der Waals surface area contributed by atoms with Crippen molar-refractivity contribution in [2.75, 3.05) is 14.2 Å². The Morgan fingerprint density at radius 2 is 0.421 bits per heavy atom. The third kappa shape index (κ3) is 12.6. The van der Waals surface area contributed by atoms with E-state index < -0.39 is 34.8 Å². The molecular weight excluding hydrogens is 1020 g/mol. The van der Waals surface area contributed by atoms with Crippen LogP contribution in [0.5, 0.6) is 0 Å². The number of rotatable bonds is 10. The van der Waals surface area contributed by atoms with Crippen molar-refractivity contribution >= 4 is 98.7 Å². The molecule has 0 bridgehead atoms. The fourth-order valence-corrected chi connectivity index (χ4v) is 18.8. The Kier molecular flexibility index (Phi) is 19.5. The molecule has 0 aliphatic carbocycles. The quantitative estimate of drug-likeness (QED) is 0.0780. The van der Waals surface area contributed by atoms with Gasteiger partial charge < -0.3 is 19.3 Å². The molecule has 11 aromatic carbocycles. The molecule has 0 saturated heterocycles. The lowest BCUT2D eigenvalue weighted by Crippen LogP contribution is -2.38. The van der Waals surface area contributed by atoms with Gasteiger partial charge in [0.15, 0.2) is 0 Å². The molecule has 8 nitrogen and oxygen atoms in total.